The Hall–Kier alpha value is -2.14. The Labute approximate surface area is 130 Å². The van der Waals surface area contributed by atoms with Crippen molar-refractivity contribution >= 4 is 11.0 Å². The largest absolute Gasteiger partial charge is 0.341 e. The number of aromatic nitrogens is 4. The van der Waals surface area contributed by atoms with Crippen molar-refractivity contribution in [1.29, 1.82) is 0 Å². The van der Waals surface area contributed by atoms with Crippen molar-refractivity contribution in [2.45, 2.75) is 31.8 Å². The summed E-state index contributed by atoms with van der Waals surface area (Å²) in [5.41, 5.74) is 2.18. The Morgan fingerprint density at radius 3 is 3.00 bits per heavy atom. The van der Waals surface area contributed by atoms with Crippen LogP contribution in [0.15, 0.2) is 36.7 Å². The van der Waals surface area contributed by atoms with Crippen molar-refractivity contribution in [2.24, 2.45) is 7.05 Å². The average molecular weight is 295 g/mol. The lowest BCUT2D eigenvalue weighted by Gasteiger charge is -2.34. The first kappa shape index (κ1) is 13.5. The number of fused-ring (bicyclic) bond motifs is 1. The molecule has 1 N–H and O–H groups in total. The van der Waals surface area contributed by atoms with Gasteiger partial charge in [-0.2, -0.15) is 0 Å². The van der Waals surface area contributed by atoms with Crippen LogP contribution in [0, 0.1) is 0 Å². The van der Waals surface area contributed by atoms with Crippen LogP contribution in [0.25, 0.3) is 11.0 Å². The Balaban J connectivity index is 1.63. The Morgan fingerprint density at radius 1 is 1.27 bits per heavy atom. The second-order valence-electron chi connectivity index (χ2n) is 6.08. The zero-order valence-corrected chi connectivity index (χ0v) is 12.9. The molecule has 5 heteroatoms. The number of para-hydroxylation sites is 2. The van der Waals surface area contributed by atoms with E-state index in [4.69, 9.17) is 4.98 Å². The molecular formula is C17H21N5. The SMILES string of the molecule is Cn1ccnc1CN1CCCC[C@H]1c1nc2ccccc2[nH]1. The standard InChI is InChI=1S/C17H21N5/c1-21-11-9-18-16(21)12-22-10-5-4-8-15(22)17-19-13-6-2-3-7-14(13)20-17/h2-3,6-7,9,11,15H,4-5,8,10,12H2,1H3,(H,19,20)/t15-/m0/s1. The number of hydrogen-bond donors (Lipinski definition) is 1. The molecular weight excluding hydrogens is 274 g/mol. The summed E-state index contributed by atoms with van der Waals surface area (Å²) in [6.45, 7) is 1.99. The van der Waals surface area contributed by atoms with Gasteiger partial charge in [0, 0.05) is 19.4 Å². The normalized spacial score (nSPS) is 19.8. The molecule has 4 rings (SSSR count). The number of benzene rings is 1. The molecule has 1 aromatic carbocycles. The van der Waals surface area contributed by atoms with Gasteiger partial charge < -0.3 is 9.55 Å². The van der Waals surface area contributed by atoms with E-state index in [9.17, 15) is 0 Å². The van der Waals surface area contributed by atoms with Crippen molar-refractivity contribution in [2.75, 3.05) is 6.54 Å². The number of piperidine rings is 1. The minimum absolute atomic E-state index is 0.359. The fraction of sp³-hybridized carbons (Fsp3) is 0.412. The molecule has 0 spiro atoms. The molecule has 0 saturated carbocycles. The lowest BCUT2D eigenvalue weighted by atomic mass is 10.0. The maximum atomic E-state index is 4.81. The summed E-state index contributed by atoms with van der Waals surface area (Å²) in [6, 6.07) is 8.62. The van der Waals surface area contributed by atoms with Gasteiger partial charge >= 0.3 is 0 Å². The predicted octanol–water partition coefficient (Wildman–Crippen LogP) is 3.02. The number of aryl methyl sites for hydroxylation is 1. The second kappa shape index (κ2) is 5.57. The van der Waals surface area contributed by atoms with Crippen molar-refractivity contribution in [1.82, 2.24) is 24.4 Å². The molecule has 2 aromatic heterocycles. The molecule has 0 aliphatic carbocycles. The number of aromatic amines is 1. The Bertz CT molecular complexity index is 739. The fourth-order valence-electron chi connectivity index (χ4n) is 3.35. The van der Waals surface area contributed by atoms with E-state index in [-0.39, 0.29) is 0 Å². The average Bonchev–Trinajstić information content (AvgIpc) is 3.14. The van der Waals surface area contributed by atoms with Crippen LogP contribution in [0.4, 0.5) is 0 Å². The Kier molecular flexibility index (Phi) is 3.42. The quantitative estimate of drug-likeness (QED) is 0.808. The maximum Gasteiger partial charge on any atom is 0.124 e. The molecule has 1 saturated heterocycles. The van der Waals surface area contributed by atoms with E-state index in [2.05, 4.69) is 44.7 Å². The first-order chi connectivity index (χ1) is 10.8. The van der Waals surface area contributed by atoms with Crippen LogP contribution in [-0.2, 0) is 13.6 Å². The lowest BCUT2D eigenvalue weighted by molar-refractivity contribution is 0.130. The van der Waals surface area contributed by atoms with Gasteiger partial charge in [-0.15, -0.1) is 0 Å². The molecule has 0 amide bonds. The summed E-state index contributed by atoms with van der Waals surface area (Å²) < 4.78 is 2.10. The van der Waals surface area contributed by atoms with Gasteiger partial charge in [-0.05, 0) is 31.5 Å². The molecule has 0 bridgehead atoms. The van der Waals surface area contributed by atoms with E-state index in [0.29, 0.717) is 6.04 Å². The molecule has 0 radical (unpaired) electrons. The van der Waals surface area contributed by atoms with E-state index < -0.39 is 0 Å². The highest BCUT2D eigenvalue weighted by Gasteiger charge is 2.27. The molecule has 1 atom stereocenters. The van der Waals surface area contributed by atoms with Gasteiger partial charge in [-0.3, -0.25) is 4.90 Å². The zero-order valence-electron chi connectivity index (χ0n) is 12.9. The topological polar surface area (TPSA) is 49.7 Å². The van der Waals surface area contributed by atoms with Crippen LogP contribution in [0.3, 0.4) is 0 Å². The minimum atomic E-state index is 0.359. The van der Waals surface area contributed by atoms with Gasteiger partial charge in [0.15, 0.2) is 0 Å². The number of rotatable bonds is 3. The van der Waals surface area contributed by atoms with Crippen LogP contribution >= 0.6 is 0 Å². The molecule has 1 fully saturated rings. The number of nitrogens with zero attached hydrogens (tertiary/aromatic N) is 4. The first-order valence-electron chi connectivity index (χ1n) is 7.96. The zero-order chi connectivity index (χ0) is 14.9. The van der Waals surface area contributed by atoms with Crippen molar-refractivity contribution in [3.05, 3.63) is 48.3 Å². The molecule has 3 aromatic rings. The van der Waals surface area contributed by atoms with Gasteiger partial charge in [0.25, 0.3) is 0 Å². The summed E-state index contributed by atoms with van der Waals surface area (Å²) in [5, 5.41) is 0. The molecule has 1 aliphatic rings. The van der Waals surface area contributed by atoms with Gasteiger partial charge in [0.1, 0.15) is 11.6 Å². The molecule has 22 heavy (non-hydrogen) atoms. The lowest BCUT2D eigenvalue weighted by Crippen LogP contribution is -2.34. The summed E-state index contributed by atoms with van der Waals surface area (Å²) in [6.07, 6.45) is 7.55. The monoisotopic (exact) mass is 295 g/mol. The van der Waals surface area contributed by atoms with Gasteiger partial charge in [-0.1, -0.05) is 18.6 Å². The van der Waals surface area contributed by atoms with Crippen LogP contribution in [0.5, 0.6) is 0 Å². The van der Waals surface area contributed by atoms with Crippen molar-refractivity contribution in [3.63, 3.8) is 0 Å². The van der Waals surface area contributed by atoms with Crippen LogP contribution in [-0.4, -0.2) is 31.0 Å². The highest BCUT2D eigenvalue weighted by atomic mass is 15.2. The first-order valence-corrected chi connectivity index (χ1v) is 7.96. The van der Waals surface area contributed by atoms with Crippen molar-refractivity contribution < 1.29 is 0 Å². The van der Waals surface area contributed by atoms with Crippen LogP contribution in [0.2, 0.25) is 0 Å². The summed E-state index contributed by atoms with van der Waals surface area (Å²) in [7, 11) is 2.06. The van der Waals surface area contributed by atoms with E-state index in [0.717, 1.165) is 42.2 Å². The summed E-state index contributed by atoms with van der Waals surface area (Å²) in [4.78, 5) is 15.3. The number of H-pyrrole nitrogens is 1. The summed E-state index contributed by atoms with van der Waals surface area (Å²) >= 11 is 0. The maximum absolute atomic E-state index is 4.81. The summed E-state index contributed by atoms with van der Waals surface area (Å²) in [5.74, 6) is 2.21. The molecule has 114 valence electrons. The van der Waals surface area contributed by atoms with E-state index in [1.807, 2.05) is 18.5 Å². The van der Waals surface area contributed by atoms with Gasteiger partial charge in [0.2, 0.25) is 0 Å². The fourth-order valence-corrected chi connectivity index (χ4v) is 3.35. The second-order valence-corrected chi connectivity index (χ2v) is 6.08. The smallest absolute Gasteiger partial charge is 0.124 e. The van der Waals surface area contributed by atoms with E-state index in [1.165, 1.54) is 12.8 Å². The van der Waals surface area contributed by atoms with E-state index in [1.54, 1.807) is 0 Å². The number of hydrogen-bond acceptors (Lipinski definition) is 3. The molecule has 3 heterocycles. The van der Waals surface area contributed by atoms with Gasteiger partial charge in [0.05, 0.1) is 23.6 Å². The molecule has 0 unspecified atom stereocenters. The number of likely N-dealkylation sites (tertiary alicyclic amines) is 1. The highest BCUT2D eigenvalue weighted by Crippen LogP contribution is 2.31. The Morgan fingerprint density at radius 2 is 2.18 bits per heavy atom. The van der Waals surface area contributed by atoms with Crippen molar-refractivity contribution in [3.8, 4) is 0 Å². The molecule has 1 aliphatic heterocycles. The minimum Gasteiger partial charge on any atom is -0.341 e. The third-order valence-electron chi connectivity index (χ3n) is 4.60. The van der Waals surface area contributed by atoms with Gasteiger partial charge in [-0.25, -0.2) is 9.97 Å². The van der Waals surface area contributed by atoms with E-state index >= 15 is 0 Å². The third-order valence-corrected chi connectivity index (χ3v) is 4.60. The highest BCUT2D eigenvalue weighted by molar-refractivity contribution is 5.74. The number of imidazole rings is 2. The predicted molar refractivity (Wildman–Crippen MR) is 86.3 cm³/mol. The van der Waals surface area contributed by atoms with Crippen LogP contribution < -0.4 is 0 Å². The molecule has 5 nitrogen and oxygen atoms in total. The number of nitrogens with one attached hydrogen (secondary N) is 1. The third kappa shape index (κ3) is 2.41. The van der Waals surface area contributed by atoms with Crippen LogP contribution in [0.1, 0.15) is 37.0 Å².